The zero-order valence-corrected chi connectivity index (χ0v) is 15.4. The van der Waals surface area contributed by atoms with Crippen LogP contribution in [0.4, 0.5) is 0 Å². The van der Waals surface area contributed by atoms with Gasteiger partial charge < -0.3 is 11.1 Å². The van der Waals surface area contributed by atoms with E-state index in [0.29, 0.717) is 6.54 Å². The Kier molecular flexibility index (Phi) is 8.59. The molecular formula is C18H30N4OS. The van der Waals surface area contributed by atoms with Crippen LogP contribution in [0.2, 0.25) is 0 Å². The molecule has 0 unspecified atom stereocenters. The van der Waals surface area contributed by atoms with Gasteiger partial charge in [-0.05, 0) is 24.0 Å². The van der Waals surface area contributed by atoms with E-state index in [9.17, 15) is 4.79 Å². The van der Waals surface area contributed by atoms with E-state index < -0.39 is 0 Å². The van der Waals surface area contributed by atoms with Crippen LogP contribution in [0.15, 0.2) is 30.3 Å². The molecule has 1 aliphatic rings. The molecule has 1 fully saturated rings. The summed E-state index contributed by atoms with van der Waals surface area (Å²) in [4.78, 5) is 16.8. The molecule has 1 saturated heterocycles. The van der Waals surface area contributed by atoms with E-state index >= 15 is 0 Å². The van der Waals surface area contributed by atoms with Gasteiger partial charge in [0.25, 0.3) is 0 Å². The third-order valence-corrected chi connectivity index (χ3v) is 5.05. The van der Waals surface area contributed by atoms with E-state index in [-0.39, 0.29) is 11.9 Å². The van der Waals surface area contributed by atoms with Crippen LogP contribution in [0.3, 0.4) is 0 Å². The molecule has 0 saturated carbocycles. The number of hydrogen-bond acceptors (Lipinski definition) is 5. The van der Waals surface area contributed by atoms with Gasteiger partial charge in [-0.15, -0.1) is 0 Å². The van der Waals surface area contributed by atoms with Crippen molar-refractivity contribution in [1.29, 1.82) is 0 Å². The van der Waals surface area contributed by atoms with Crippen molar-refractivity contribution >= 4 is 17.7 Å². The fraction of sp³-hybridized carbons (Fsp3) is 0.611. The Balaban J connectivity index is 1.59. The number of nitrogens with one attached hydrogen (secondary N) is 1. The van der Waals surface area contributed by atoms with Crippen LogP contribution >= 0.6 is 11.8 Å². The SMILES string of the molecule is CSCC[C@H](N)C(=O)NCCN1CCN(Cc2ccccc2)CC1. The van der Waals surface area contributed by atoms with Gasteiger partial charge in [0.05, 0.1) is 6.04 Å². The molecule has 3 N–H and O–H groups in total. The van der Waals surface area contributed by atoms with E-state index in [1.54, 1.807) is 11.8 Å². The van der Waals surface area contributed by atoms with E-state index in [4.69, 9.17) is 5.73 Å². The first-order valence-corrected chi connectivity index (χ1v) is 10.1. The van der Waals surface area contributed by atoms with Crippen molar-refractivity contribution in [2.24, 2.45) is 5.73 Å². The van der Waals surface area contributed by atoms with Gasteiger partial charge in [0.2, 0.25) is 5.91 Å². The topological polar surface area (TPSA) is 61.6 Å². The monoisotopic (exact) mass is 350 g/mol. The van der Waals surface area contributed by atoms with Crippen LogP contribution in [-0.2, 0) is 11.3 Å². The second-order valence-electron chi connectivity index (χ2n) is 6.28. The van der Waals surface area contributed by atoms with Gasteiger partial charge in [0, 0.05) is 45.8 Å². The third-order valence-electron chi connectivity index (χ3n) is 4.41. The van der Waals surface area contributed by atoms with Crippen LogP contribution in [0.25, 0.3) is 0 Å². The largest absolute Gasteiger partial charge is 0.353 e. The molecule has 0 aromatic heterocycles. The van der Waals surface area contributed by atoms with Crippen molar-refractivity contribution in [2.75, 3.05) is 51.3 Å². The molecular weight excluding hydrogens is 320 g/mol. The van der Waals surface area contributed by atoms with Gasteiger partial charge >= 0.3 is 0 Å². The zero-order valence-electron chi connectivity index (χ0n) is 14.6. The quantitative estimate of drug-likeness (QED) is 0.696. The molecule has 0 spiro atoms. The van der Waals surface area contributed by atoms with Crippen molar-refractivity contribution < 1.29 is 4.79 Å². The molecule has 1 aliphatic heterocycles. The van der Waals surface area contributed by atoms with E-state index in [1.165, 1.54) is 5.56 Å². The summed E-state index contributed by atoms with van der Waals surface area (Å²) in [6, 6.07) is 10.2. The Morgan fingerprint density at radius 3 is 2.54 bits per heavy atom. The Labute approximate surface area is 149 Å². The van der Waals surface area contributed by atoms with Crippen molar-refractivity contribution in [2.45, 2.75) is 19.0 Å². The fourth-order valence-corrected chi connectivity index (χ4v) is 3.35. The number of nitrogens with zero attached hydrogens (tertiary/aromatic N) is 2. The van der Waals surface area contributed by atoms with Crippen LogP contribution in [0.1, 0.15) is 12.0 Å². The summed E-state index contributed by atoms with van der Waals surface area (Å²) >= 11 is 1.72. The fourth-order valence-electron chi connectivity index (χ4n) is 2.86. The molecule has 1 amide bonds. The minimum atomic E-state index is -0.375. The summed E-state index contributed by atoms with van der Waals surface area (Å²) in [5.74, 6) is 0.907. The van der Waals surface area contributed by atoms with E-state index in [2.05, 4.69) is 45.4 Å². The molecule has 2 rings (SSSR count). The summed E-state index contributed by atoms with van der Waals surface area (Å²) in [6.45, 7) is 6.88. The Hall–Kier alpha value is -1.08. The molecule has 6 heteroatoms. The summed E-state index contributed by atoms with van der Waals surface area (Å²) in [7, 11) is 0. The maximum absolute atomic E-state index is 11.9. The van der Waals surface area contributed by atoms with Gasteiger partial charge in [-0.3, -0.25) is 14.6 Å². The first-order chi connectivity index (χ1) is 11.7. The number of nitrogens with two attached hydrogens (primary N) is 1. The van der Waals surface area contributed by atoms with Gasteiger partial charge in [0.1, 0.15) is 0 Å². The number of carbonyl (C=O) groups excluding carboxylic acids is 1. The summed E-state index contributed by atoms with van der Waals surface area (Å²) < 4.78 is 0. The standard InChI is InChI=1S/C18H30N4OS/c1-24-14-7-17(19)18(23)20-8-9-21-10-12-22(13-11-21)15-16-5-3-2-4-6-16/h2-6,17H,7-15,19H2,1H3,(H,20,23)/t17-/m0/s1. The normalized spacial score (nSPS) is 17.6. The van der Waals surface area contributed by atoms with Gasteiger partial charge in [-0.1, -0.05) is 30.3 Å². The predicted octanol–water partition coefficient (Wildman–Crippen LogP) is 1.00. The smallest absolute Gasteiger partial charge is 0.236 e. The molecule has 0 aliphatic carbocycles. The summed E-state index contributed by atoms with van der Waals surface area (Å²) in [5.41, 5.74) is 7.24. The number of thioether (sulfide) groups is 1. The van der Waals surface area contributed by atoms with Crippen LogP contribution in [0.5, 0.6) is 0 Å². The molecule has 1 heterocycles. The second-order valence-corrected chi connectivity index (χ2v) is 7.27. The third kappa shape index (κ3) is 6.81. The number of piperazine rings is 1. The van der Waals surface area contributed by atoms with Crippen molar-refractivity contribution in [3.63, 3.8) is 0 Å². The maximum atomic E-state index is 11.9. The summed E-state index contributed by atoms with van der Waals surface area (Å²) in [5, 5.41) is 2.96. The van der Waals surface area contributed by atoms with Gasteiger partial charge in [-0.2, -0.15) is 11.8 Å². The Bertz CT molecular complexity index is 477. The molecule has 134 valence electrons. The average Bonchev–Trinajstić information content (AvgIpc) is 2.62. The molecule has 1 aromatic rings. The first kappa shape index (κ1) is 19.2. The molecule has 1 aromatic carbocycles. The number of carbonyl (C=O) groups is 1. The lowest BCUT2D eigenvalue weighted by Crippen LogP contribution is -2.49. The highest BCUT2D eigenvalue weighted by atomic mass is 32.2. The van der Waals surface area contributed by atoms with Gasteiger partial charge in [-0.25, -0.2) is 0 Å². The second kappa shape index (κ2) is 10.7. The van der Waals surface area contributed by atoms with Crippen molar-refractivity contribution in [1.82, 2.24) is 15.1 Å². The molecule has 24 heavy (non-hydrogen) atoms. The predicted molar refractivity (Wildman–Crippen MR) is 102 cm³/mol. The van der Waals surface area contributed by atoms with E-state index in [0.717, 1.165) is 51.4 Å². The zero-order chi connectivity index (χ0) is 17.2. The number of hydrogen-bond donors (Lipinski definition) is 2. The highest BCUT2D eigenvalue weighted by Crippen LogP contribution is 2.08. The lowest BCUT2D eigenvalue weighted by atomic mass is 10.2. The molecule has 0 radical (unpaired) electrons. The highest BCUT2D eigenvalue weighted by molar-refractivity contribution is 7.98. The lowest BCUT2D eigenvalue weighted by molar-refractivity contribution is -0.122. The molecule has 5 nitrogen and oxygen atoms in total. The number of amides is 1. The Morgan fingerprint density at radius 1 is 1.21 bits per heavy atom. The first-order valence-electron chi connectivity index (χ1n) is 8.70. The number of rotatable bonds is 9. The van der Waals surface area contributed by atoms with Crippen molar-refractivity contribution in [3.05, 3.63) is 35.9 Å². The van der Waals surface area contributed by atoms with Crippen LogP contribution in [-0.4, -0.2) is 73.0 Å². The Morgan fingerprint density at radius 2 is 1.88 bits per heavy atom. The van der Waals surface area contributed by atoms with Crippen molar-refractivity contribution in [3.8, 4) is 0 Å². The minimum Gasteiger partial charge on any atom is -0.353 e. The lowest BCUT2D eigenvalue weighted by Gasteiger charge is -2.34. The average molecular weight is 351 g/mol. The van der Waals surface area contributed by atoms with Crippen LogP contribution < -0.4 is 11.1 Å². The summed E-state index contributed by atoms with van der Waals surface area (Å²) in [6.07, 6.45) is 2.77. The maximum Gasteiger partial charge on any atom is 0.236 e. The van der Waals surface area contributed by atoms with Crippen LogP contribution in [0, 0.1) is 0 Å². The molecule has 0 bridgehead atoms. The number of benzene rings is 1. The highest BCUT2D eigenvalue weighted by Gasteiger charge is 2.17. The van der Waals surface area contributed by atoms with E-state index in [1.807, 2.05) is 6.26 Å². The van der Waals surface area contributed by atoms with Gasteiger partial charge in [0.15, 0.2) is 0 Å². The molecule has 1 atom stereocenters. The minimum absolute atomic E-state index is 0.0215.